The summed E-state index contributed by atoms with van der Waals surface area (Å²) >= 11 is 1.61. The fourth-order valence-corrected chi connectivity index (χ4v) is 2.89. The standard InChI is InChI=1S/C18H17N3O2S/c1-13-5-2-3-6-14(13)18(22)19-10-11-23-17-9-8-15(20-21-17)16-7-4-12-24-16/h2-9,12H,10-11H2,1H3,(H,19,22). The second-order valence-corrected chi connectivity index (χ2v) is 6.10. The fraction of sp³-hybridized carbons (Fsp3) is 0.167. The summed E-state index contributed by atoms with van der Waals surface area (Å²) in [6, 6.07) is 15.1. The highest BCUT2D eigenvalue weighted by Crippen LogP contribution is 2.22. The first-order valence-electron chi connectivity index (χ1n) is 7.58. The van der Waals surface area contributed by atoms with Gasteiger partial charge in [-0.2, -0.15) is 0 Å². The first-order valence-corrected chi connectivity index (χ1v) is 8.46. The molecule has 1 amide bonds. The second kappa shape index (κ2) is 7.70. The minimum atomic E-state index is -0.101. The molecule has 0 unspecified atom stereocenters. The summed E-state index contributed by atoms with van der Waals surface area (Å²) in [5, 5.41) is 13.0. The predicted octanol–water partition coefficient (Wildman–Crippen LogP) is 3.32. The summed E-state index contributed by atoms with van der Waals surface area (Å²) in [4.78, 5) is 13.1. The maximum absolute atomic E-state index is 12.1. The smallest absolute Gasteiger partial charge is 0.251 e. The van der Waals surface area contributed by atoms with Crippen molar-refractivity contribution in [2.24, 2.45) is 0 Å². The molecule has 6 heteroatoms. The van der Waals surface area contributed by atoms with Crippen molar-refractivity contribution in [1.29, 1.82) is 0 Å². The number of thiophene rings is 1. The summed E-state index contributed by atoms with van der Waals surface area (Å²) in [6.45, 7) is 2.66. The highest BCUT2D eigenvalue weighted by Gasteiger charge is 2.07. The molecule has 0 radical (unpaired) electrons. The predicted molar refractivity (Wildman–Crippen MR) is 94.4 cm³/mol. The van der Waals surface area contributed by atoms with Crippen LogP contribution < -0.4 is 10.1 Å². The van der Waals surface area contributed by atoms with Gasteiger partial charge in [-0.3, -0.25) is 4.79 Å². The first kappa shape index (κ1) is 16.1. The number of carbonyl (C=O) groups is 1. The zero-order valence-electron chi connectivity index (χ0n) is 13.2. The third-order valence-corrected chi connectivity index (χ3v) is 4.33. The number of amides is 1. The van der Waals surface area contributed by atoms with Crippen molar-refractivity contribution < 1.29 is 9.53 Å². The molecule has 0 aliphatic rings. The number of nitrogens with zero attached hydrogens (tertiary/aromatic N) is 2. The molecule has 24 heavy (non-hydrogen) atoms. The van der Waals surface area contributed by atoms with Crippen molar-refractivity contribution in [3.05, 3.63) is 65.0 Å². The van der Waals surface area contributed by atoms with Crippen molar-refractivity contribution in [3.8, 4) is 16.5 Å². The summed E-state index contributed by atoms with van der Waals surface area (Å²) in [5.41, 5.74) is 2.45. The van der Waals surface area contributed by atoms with Crippen molar-refractivity contribution in [1.82, 2.24) is 15.5 Å². The quantitative estimate of drug-likeness (QED) is 0.700. The van der Waals surface area contributed by atoms with E-state index in [0.717, 1.165) is 16.1 Å². The third-order valence-electron chi connectivity index (χ3n) is 3.44. The fourth-order valence-electron chi connectivity index (χ4n) is 2.20. The number of rotatable bonds is 6. The highest BCUT2D eigenvalue weighted by atomic mass is 32.1. The molecule has 2 aromatic heterocycles. The lowest BCUT2D eigenvalue weighted by Crippen LogP contribution is -2.28. The highest BCUT2D eigenvalue weighted by molar-refractivity contribution is 7.13. The Morgan fingerprint density at radius 3 is 2.71 bits per heavy atom. The van der Waals surface area contributed by atoms with E-state index in [9.17, 15) is 4.79 Å². The summed E-state index contributed by atoms with van der Waals surface area (Å²) in [6.07, 6.45) is 0. The molecule has 1 aromatic carbocycles. The molecule has 0 atom stereocenters. The SMILES string of the molecule is Cc1ccccc1C(=O)NCCOc1ccc(-c2cccs2)nn1. The van der Waals surface area contributed by atoms with E-state index in [-0.39, 0.29) is 5.91 Å². The van der Waals surface area contributed by atoms with Gasteiger partial charge in [-0.25, -0.2) is 0 Å². The molecular weight excluding hydrogens is 322 g/mol. The zero-order chi connectivity index (χ0) is 16.8. The van der Waals surface area contributed by atoms with E-state index in [4.69, 9.17) is 4.74 Å². The minimum Gasteiger partial charge on any atom is -0.475 e. The van der Waals surface area contributed by atoms with Crippen LogP contribution in [0.3, 0.4) is 0 Å². The van der Waals surface area contributed by atoms with Gasteiger partial charge < -0.3 is 10.1 Å². The van der Waals surface area contributed by atoms with Gasteiger partial charge in [0, 0.05) is 11.6 Å². The molecule has 0 saturated heterocycles. The lowest BCUT2D eigenvalue weighted by Gasteiger charge is -2.08. The van der Waals surface area contributed by atoms with Crippen LogP contribution >= 0.6 is 11.3 Å². The number of carbonyl (C=O) groups excluding carboxylic acids is 1. The van der Waals surface area contributed by atoms with Gasteiger partial charge in [0.2, 0.25) is 5.88 Å². The van der Waals surface area contributed by atoms with Gasteiger partial charge in [0.05, 0.1) is 11.4 Å². The topological polar surface area (TPSA) is 64.1 Å². The average Bonchev–Trinajstić information content (AvgIpc) is 3.14. The van der Waals surface area contributed by atoms with Crippen LogP contribution in [0.2, 0.25) is 0 Å². The first-order chi connectivity index (χ1) is 11.7. The van der Waals surface area contributed by atoms with E-state index in [2.05, 4.69) is 15.5 Å². The summed E-state index contributed by atoms with van der Waals surface area (Å²) < 4.78 is 5.51. The second-order valence-electron chi connectivity index (χ2n) is 5.15. The van der Waals surface area contributed by atoms with E-state index < -0.39 is 0 Å². The van der Waals surface area contributed by atoms with Crippen LogP contribution in [-0.4, -0.2) is 29.3 Å². The Balaban J connectivity index is 1.47. The number of aryl methyl sites for hydroxylation is 1. The molecule has 5 nitrogen and oxygen atoms in total. The van der Waals surface area contributed by atoms with Crippen LogP contribution in [0, 0.1) is 6.92 Å². The molecule has 3 rings (SSSR count). The lowest BCUT2D eigenvalue weighted by atomic mass is 10.1. The maximum atomic E-state index is 12.1. The summed E-state index contributed by atoms with van der Waals surface area (Å²) in [7, 11) is 0. The lowest BCUT2D eigenvalue weighted by molar-refractivity contribution is 0.0946. The van der Waals surface area contributed by atoms with Gasteiger partial charge >= 0.3 is 0 Å². The molecular formula is C18H17N3O2S. The number of ether oxygens (including phenoxy) is 1. The molecule has 122 valence electrons. The van der Waals surface area contributed by atoms with Gasteiger partial charge in [0.1, 0.15) is 12.3 Å². The van der Waals surface area contributed by atoms with Crippen molar-refractivity contribution in [2.45, 2.75) is 6.92 Å². The molecule has 1 N–H and O–H groups in total. The van der Waals surface area contributed by atoms with E-state index in [1.165, 1.54) is 0 Å². The Labute approximate surface area is 144 Å². The van der Waals surface area contributed by atoms with Crippen LogP contribution in [0.25, 0.3) is 10.6 Å². The zero-order valence-corrected chi connectivity index (χ0v) is 14.0. The van der Waals surface area contributed by atoms with Gasteiger partial charge in [-0.1, -0.05) is 24.3 Å². The number of hydrogen-bond acceptors (Lipinski definition) is 5. The van der Waals surface area contributed by atoms with Crippen LogP contribution in [-0.2, 0) is 0 Å². The van der Waals surface area contributed by atoms with Crippen LogP contribution in [0.15, 0.2) is 53.9 Å². The molecule has 0 spiro atoms. The van der Waals surface area contributed by atoms with E-state index in [1.54, 1.807) is 23.5 Å². The van der Waals surface area contributed by atoms with Crippen molar-refractivity contribution in [3.63, 3.8) is 0 Å². The maximum Gasteiger partial charge on any atom is 0.251 e. The third kappa shape index (κ3) is 3.97. The number of nitrogens with one attached hydrogen (secondary N) is 1. The van der Waals surface area contributed by atoms with Crippen molar-refractivity contribution in [2.75, 3.05) is 13.2 Å². The molecule has 0 fully saturated rings. The van der Waals surface area contributed by atoms with E-state index in [0.29, 0.717) is 24.6 Å². The number of hydrogen-bond donors (Lipinski definition) is 1. The Kier molecular flexibility index (Phi) is 5.18. The minimum absolute atomic E-state index is 0.101. The Hall–Kier alpha value is -2.73. The molecule has 0 saturated carbocycles. The molecule has 0 bridgehead atoms. The molecule has 2 heterocycles. The van der Waals surface area contributed by atoms with Gasteiger partial charge in [0.25, 0.3) is 5.91 Å². The Bertz CT molecular complexity index is 801. The van der Waals surface area contributed by atoms with Crippen molar-refractivity contribution >= 4 is 17.2 Å². The normalized spacial score (nSPS) is 10.4. The van der Waals surface area contributed by atoms with Gasteiger partial charge in [0.15, 0.2) is 0 Å². The largest absolute Gasteiger partial charge is 0.475 e. The van der Waals surface area contributed by atoms with Crippen LogP contribution in [0.5, 0.6) is 5.88 Å². The summed E-state index contributed by atoms with van der Waals surface area (Å²) in [5.74, 6) is 0.344. The van der Waals surface area contributed by atoms with E-state index in [1.807, 2.05) is 48.7 Å². The molecule has 0 aliphatic heterocycles. The Morgan fingerprint density at radius 2 is 2.00 bits per heavy atom. The average molecular weight is 339 g/mol. The van der Waals surface area contributed by atoms with Gasteiger partial charge in [-0.05, 0) is 36.1 Å². The number of benzene rings is 1. The van der Waals surface area contributed by atoms with E-state index >= 15 is 0 Å². The van der Waals surface area contributed by atoms with Crippen LogP contribution in [0.1, 0.15) is 15.9 Å². The monoisotopic (exact) mass is 339 g/mol. The molecule has 3 aromatic rings. The van der Waals surface area contributed by atoms with Gasteiger partial charge in [-0.15, -0.1) is 21.5 Å². The molecule has 0 aliphatic carbocycles. The number of aromatic nitrogens is 2. The van der Waals surface area contributed by atoms with Crippen LogP contribution in [0.4, 0.5) is 0 Å². The Morgan fingerprint density at radius 1 is 1.12 bits per heavy atom.